The van der Waals surface area contributed by atoms with Crippen molar-refractivity contribution in [1.82, 2.24) is 14.5 Å². The van der Waals surface area contributed by atoms with Gasteiger partial charge in [-0.3, -0.25) is 9.59 Å². The Labute approximate surface area is 136 Å². The molecular formula is C16H15N3O3S. The van der Waals surface area contributed by atoms with Gasteiger partial charge in [0.15, 0.2) is 5.13 Å². The minimum atomic E-state index is -0.329. The van der Waals surface area contributed by atoms with Crippen molar-refractivity contribution in [3.8, 4) is 5.13 Å². The van der Waals surface area contributed by atoms with Gasteiger partial charge in [-0.2, -0.15) is 0 Å². The lowest BCUT2D eigenvalue weighted by Gasteiger charge is -2.07. The molecule has 0 aliphatic rings. The Hall–Kier alpha value is -2.54. The number of rotatable bonds is 4. The summed E-state index contributed by atoms with van der Waals surface area (Å²) in [6, 6.07) is 7.20. The Bertz CT molecular complexity index is 930. The highest BCUT2D eigenvalue weighted by Crippen LogP contribution is 2.17. The fraction of sp³-hybridized carbons (Fsp3) is 0.250. The van der Waals surface area contributed by atoms with Crippen molar-refractivity contribution in [3.05, 3.63) is 51.5 Å². The van der Waals surface area contributed by atoms with Crippen molar-refractivity contribution < 1.29 is 9.53 Å². The Morgan fingerprint density at radius 2 is 2.09 bits per heavy atom. The standard InChI is InChI=1S/C16H15N3O3S/c1-3-22-14(20)8-11-9-23-16(18-11)19-10(2)17-13-7-5-4-6-12(13)15(19)21/h4-7,9H,3,8H2,1-2H3. The number of benzene rings is 1. The first-order valence-electron chi connectivity index (χ1n) is 7.19. The number of esters is 1. The number of fused-ring (bicyclic) bond motifs is 1. The second-order valence-electron chi connectivity index (χ2n) is 4.92. The van der Waals surface area contributed by atoms with Crippen molar-refractivity contribution in [2.24, 2.45) is 0 Å². The quantitative estimate of drug-likeness (QED) is 0.686. The van der Waals surface area contributed by atoms with Crippen LogP contribution >= 0.6 is 11.3 Å². The maximum absolute atomic E-state index is 12.7. The SMILES string of the molecule is CCOC(=O)Cc1csc(-n2c(C)nc3ccccc3c2=O)n1. The number of para-hydroxylation sites is 1. The molecule has 0 aliphatic carbocycles. The van der Waals surface area contributed by atoms with E-state index >= 15 is 0 Å². The summed E-state index contributed by atoms with van der Waals surface area (Å²) in [5, 5.41) is 2.80. The third-order valence-corrected chi connectivity index (χ3v) is 4.18. The molecule has 1 aromatic carbocycles. The summed E-state index contributed by atoms with van der Waals surface area (Å²) in [5.41, 5.74) is 1.09. The van der Waals surface area contributed by atoms with E-state index in [0.29, 0.717) is 34.2 Å². The molecule has 7 heteroatoms. The van der Waals surface area contributed by atoms with Gasteiger partial charge < -0.3 is 4.74 Å². The van der Waals surface area contributed by atoms with Crippen molar-refractivity contribution in [2.45, 2.75) is 20.3 Å². The summed E-state index contributed by atoms with van der Waals surface area (Å²) < 4.78 is 6.38. The van der Waals surface area contributed by atoms with E-state index in [1.54, 1.807) is 31.4 Å². The predicted molar refractivity (Wildman–Crippen MR) is 88.1 cm³/mol. The monoisotopic (exact) mass is 329 g/mol. The van der Waals surface area contributed by atoms with Crippen LogP contribution in [-0.4, -0.2) is 27.1 Å². The molecule has 6 nitrogen and oxygen atoms in total. The van der Waals surface area contributed by atoms with Gasteiger partial charge >= 0.3 is 5.97 Å². The van der Waals surface area contributed by atoms with Crippen LogP contribution in [0, 0.1) is 6.92 Å². The zero-order chi connectivity index (χ0) is 16.4. The van der Waals surface area contributed by atoms with Crippen molar-refractivity contribution in [2.75, 3.05) is 6.61 Å². The maximum atomic E-state index is 12.7. The number of ether oxygens (including phenoxy) is 1. The summed E-state index contributed by atoms with van der Waals surface area (Å²) in [6.45, 7) is 3.86. The molecule has 0 saturated heterocycles. The molecule has 0 amide bonds. The van der Waals surface area contributed by atoms with Gasteiger partial charge in [0.2, 0.25) is 0 Å². The molecule has 3 aromatic rings. The third kappa shape index (κ3) is 3.00. The first kappa shape index (κ1) is 15.4. The van der Waals surface area contributed by atoms with Crippen molar-refractivity contribution in [3.63, 3.8) is 0 Å². The van der Waals surface area contributed by atoms with Crippen LogP contribution in [0.15, 0.2) is 34.4 Å². The predicted octanol–water partition coefficient (Wildman–Crippen LogP) is 2.26. The lowest BCUT2D eigenvalue weighted by Crippen LogP contribution is -2.22. The summed E-state index contributed by atoms with van der Waals surface area (Å²) in [4.78, 5) is 33.0. The molecule has 0 radical (unpaired) electrons. The van der Waals surface area contributed by atoms with Crippen molar-refractivity contribution >= 4 is 28.2 Å². The normalized spacial score (nSPS) is 10.9. The molecule has 0 aliphatic heterocycles. The Kier molecular flexibility index (Phi) is 4.20. The number of carbonyl (C=O) groups is 1. The topological polar surface area (TPSA) is 74.1 Å². The number of carbonyl (C=O) groups excluding carboxylic acids is 1. The van der Waals surface area contributed by atoms with Gasteiger partial charge in [0, 0.05) is 5.38 Å². The first-order valence-corrected chi connectivity index (χ1v) is 8.07. The molecule has 0 fully saturated rings. The van der Waals surface area contributed by atoms with Crippen LogP contribution in [-0.2, 0) is 16.0 Å². The molecule has 0 N–H and O–H groups in total. The van der Waals surface area contributed by atoms with Crippen LogP contribution < -0.4 is 5.56 Å². The van der Waals surface area contributed by atoms with E-state index in [2.05, 4.69) is 9.97 Å². The molecule has 0 bridgehead atoms. The highest BCUT2D eigenvalue weighted by atomic mass is 32.1. The largest absolute Gasteiger partial charge is 0.466 e. The van der Waals surface area contributed by atoms with Crippen LogP contribution in [0.4, 0.5) is 0 Å². The van der Waals surface area contributed by atoms with E-state index in [4.69, 9.17) is 4.74 Å². The summed E-state index contributed by atoms with van der Waals surface area (Å²) in [6.07, 6.45) is 0.0964. The van der Waals surface area contributed by atoms with Gasteiger partial charge in [-0.15, -0.1) is 11.3 Å². The number of aryl methyl sites for hydroxylation is 1. The Morgan fingerprint density at radius 1 is 1.30 bits per heavy atom. The zero-order valence-electron chi connectivity index (χ0n) is 12.8. The lowest BCUT2D eigenvalue weighted by atomic mass is 10.2. The number of thiazole rings is 1. The third-order valence-electron chi connectivity index (χ3n) is 3.31. The van der Waals surface area contributed by atoms with E-state index < -0.39 is 0 Å². The van der Waals surface area contributed by atoms with Crippen LogP contribution in [0.25, 0.3) is 16.0 Å². The Morgan fingerprint density at radius 3 is 2.87 bits per heavy atom. The number of hydrogen-bond donors (Lipinski definition) is 0. The van der Waals surface area contributed by atoms with Crippen LogP contribution in [0.3, 0.4) is 0 Å². The molecule has 0 saturated carbocycles. The van der Waals surface area contributed by atoms with Crippen molar-refractivity contribution in [1.29, 1.82) is 0 Å². The van der Waals surface area contributed by atoms with E-state index in [1.807, 2.05) is 12.1 Å². The van der Waals surface area contributed by atoms with Crippen LogP contribution in [0.1, 0.15) is 18.4 Å². The fourth-order valence-electron chi connectivity index (χ4n) is 2.31. The molecule has 23 heavy (non-hydrogen) atoms. The second kappa shape index (κ2) is 6.29. The van der Waals surface area contributed by atoms with Crippen LogP contribution in [0.5, 0.6) is 0 Å². The highest BCUT2D eigenvalue weighted by molar-refractivity contribution is 7.12. The molecule has 118 valence electrons. The smallest absolute Gasteiger partial charge is 0.311 e. The molecule has 2 aromatic heterocycles. The molecule has 0 unspecified atom stereocenters. The van der Waals surface area contributed by atoms with E-state index in [1.165, 1.54) is 15.9 Å². The van der Waals surface area contributed by atoms with E-state index in [0.717, 1.165) is 0 Å². The average molecular weight is 329 g/mol. The highest BCUT2D eigenvalue weighted by Gasteiger charge is 2.14. The summed E-state index contributed by atoms with van der Waals surface area (Å²) >= 11 is 1.30. The average Bonchev–Trinajstić information content (AvgIpc) is 2.95. The van der Waals surface area contributed by atoms with Gasteiger partial charge in [0.05, 0.1) is 29.6 Å². The van der Waals surface area contributed by atoms with Gasteiger partial charge in [-0.05, 0) is 26.0 Å². The summed E-state index contributed by atoms with van der Waals surface area (Å²) in [5.74, 6) is 0.232. The van der Waals surface area contributed by atoms with Gasteiger partial charge in [-0.1, -0.05) is 12.1 Å². The van der Waals surface area contributed by atoms with E-state index in [9.17, 15) is 9.59 Å². The molecule has 2 heterocycles. The molecule has 0 spiro atoms. The number of nitrogens with zero attached hydrogens (tertiary/aromatic N) is 3. The summed E-state index contributed by atoms with van der Waals surface area (Å²) in [7, 11) is 0. The zero-order valence-corrected chi connectivity index (χ0v) is 13.6. The minimum absolute atomic E-state index is 0.0964. The number of aromatic nitrogens is 3. The number of hydrogen-bond acceptors (Lipinski definition) is 6. The van der Waals surface area contributed by atoms with Gasteiger partial charge in [0.1, 0.15) is 5.82 Å². The first-order chi connectivity index (χ1) is 11.1. The van der Waals surface area contributed by atoms with Crippen LogP contribution in [0.2, 0.25) is 0 Å². The fourth-order valence-corrected chi connectivity index (χ4v) is 3.18. The molecular weight excluding hydrogens is 314 g/mol. The maximum Gasteiger partial charge on any atom is 0.311 e. The second-order valence-corrected chi connectivity index (χ2v) is 5.76. The molecule has 0 atom stereocenters. The van der Waals surface area contributed by atoms with Gasteiger partial charge in [-0.25, -0.2) is 14.5 Å². The minimum Gasteiger partial charge on any atom is -0.466 e. The molecule has 3 rings (SSSR count). The Balaban J connectivity index is 2.02. The lowest BCUT2D eigenvalue weighted by molar-refractivity contribution is -0.142. The van der Waals surface area contributed by atoms with Gasteiger partial charge in [0.25, 0.3) is 5.56 Å². The van der Waals surface area contributed by atoms with E-state index in [-0.39, 0.29) is 17.9 Å².